The highest BCUT2D eigenvalue weighted by Gasteiger charge is 2.20. The van der Waals surface area contributed by atoms with E-state index in [0.717, 1.165) is 74.0 Å². The second kappa shape index (κ2) is 12.0. The molecule has 0 saturated heterocycles. The van der Waals surface area contributed by atoms with Gasteiger partial charge < -0.3 is 0 Å². The van der Waals surface area contributed by atoms with Crippen molar-refractivity contribution in [1.29, 1.82) is 0 Å². The average molecular weight is 694 g/mol. The van der Waals surface area contributed by atoms with E-state index in [1.165, 1.54) is 12.1 Å². The predicted molar refractivity (Wildman–Crippen MR) is 208 cm³/mol. The largest absolute Gasteiger partial charge is 0.226 e. The van der Waals surface area contributed by atoms with E-state index in [4.69, 9.17) is 24.9 Å². The van der Waals surface area contributed by atoms with Crippen molar-refractivity contribution in [2.75, 3.05) is 0 Å². The topological polar surface area (TPSA) is 64.5 Å². The molecule has 0 fully saturated rings. The van der Waals surface area contributed by atoms with Crippen LogP contribution in [0.5, 0.6) is 0 Å². The van der Waals surface area contributed by atoms with Gasteiger partial charge in [-0.2, -0.15) is 0 Å². The van der Waals surface area contributed by atoms with Crippen LogP contribution in [0.3, 0.4) is 0 Å². The van der Waals surface area contributed by atoms with Gasteiger partial charge in [-0.1, -0.05) is 103 Å². The smallest absolute Gasteiger partial charge is 0.164 e. The molecule has 51 heavy (non-hydrogen) atoms. The van der Waals surface area contributed by atoms with Gasteiger partial charge in [-0.15, -0.1) is 22.7 Å². The van der Waals surface area contributed by atoms with Crippen molar-refractivity contribution in [2.24, 2.45) is 0 Å². The fraction of sp³-hybridized carbons (Fsp3) is 0. The van der Waals surface area contributed by atoms with Gasteiger partial charge in [0, 0.05) is 58.1 Å². The summed E-state index contributed by atoms with van der Waals surface area (Å²) in [5, 5.41) is 3.29. The second-order valence-electron chi connectivity index (χ2n) is 12.2. The molecule has 0 amide bonds. The highest BCUT2D eigenvalue weighted by molar-refractivity contribution is 7.26. The van der Waals surface area contributed by atoms with Crippen molar-refractivity contribution in [2.45, 2.75) is 0 Å². The summed E-state index contributed by atoms with van der Waals surface area (Å²) in [6, 6.07) is 47.6. The Labute approximate surface area is 299 Å². The fourth-order valence-corrected chi connectivity index (χ4v) is 8.93. The van der Waals surface area contributed by atoms with Crippen LogP contribution in [-0.2, 0) is 0 Å². The molecule has 0 aliphatic rings. The molecule has 0 aliphatic carbocycles. The molecule has 0 atom stereocenters. The number of thiophene rings is 2. The molecule has 6 aromatic carbocycles. The van der Waals surface area contributed by atoms with Crippen molar-refractivity contribution in [1.82, 2.24) is 24.9 Å². The first-order chi connectivity index (χ1) is 25.2. The summed E-state index contributed by atoms with van der Waals surface area (Å²) >= 11 is 3.39. The molecule has 0 aliphatic heterocycles. The van der Waals surface area contributed by atoms with Crippen LogP contribution in [0.25, 0.3) is 97.3 Å². The Morgan fingerprint density at radius 2 is 1.04 bits per heavy atom. The lowest BCUT2D eigenvalue weighted by atomic mass is 10.0. The van der Waals surface area contributed by atoms with Gasteiger partial charge in [-0.05, 0) is 42.5 Å². The first kappa shape index (κ1) is 29.7. The lowest BCUT2D eigenvalue weighted by Crippen LogP contribution is -2.00. The number of fused-ring (bicyclic) bond motifs is 6. The zero-order valence-electron chi connectivity index (χ0n) is 26.8. The third kappa shape index (κ3) is 5.15. The van der Waals surface area contributed by atoms with Crippen molar-refractivity contribution < 1.29 is 4.39 Å². The minimum absolute atomic E-state index is 0.278. The maximum absolute atomic E-state index is 14.0. The summed E-state index contributed by atoms with van der Waals surface area (Å²) in [4.78, 5) is 25.2. The number of nitrogens with zero attached hydrogens (tertiary/aromatic N) is 5. The molecule has 0 unspecified atom stereocenters. The Hall–Kier alpha value is -6.22. The third-order valence-corrected chi connectivity index (χ3v) is 11.3. The molecule has 0 radical (unpaired) electrons. The minimum atomic E-state index is -0.278. The molecular weight excluding hydrogens is 670 g/mol. The van der Waals surface area contributed by atoms with Crippen LogP contribution < -0.4 is 0 Å². The molecule has 10 aromatic rings. The highest BCUT2D eigenvalue weighted by Crippen LogP contribution is 2.43. The van der Waals surface area contributed by atoms with Crippen LogP contribution in [0.15, 0.2) is 146 Å². The third-order valence-electron chi connectivity index (χ3n) is 9.03. The molecule has 10 rings (SSSR count). The van der Waals surface area contributed by atoms with Gasteiger partial charge in [0.1, 0.15) is 5.82 Å². The van der Waals surface area contributed by atoms with Crippen molar-refractivity contribution in [3.8, 4) is 56.8 Å². The summed E-state index contributed by atoms with van der Waals surface area (Å²) in [5.41, 5.74) is 6.27. The van der Waals surface area contributed by atoms with E-state index in [-0.39, 0.29) is 5.82 Å². The molecule has 0 N–H and O–H groups in total. The molecule has 240 valence electrons. The molecular formula is C43H24FN5S2. The quantitative estimate of drug-likeness (QED) is 0.180. The van der Waals surface area contributed by atoms with Crippen LogP contribution in [0.1, 0.15) is 0 Å². The number of hydrogen-bond donors (Lipinski definition) is 0. The monoisotopic (exact) mass is 693 g/mol. The summed E-state index contributed by atoms with van der Waals surface area (Å²) in [6.07, 6.45) is 0. The van der Waals surface area contributed by atoms with E-state index in [9.17, 15) is 4.39 Å². The first-order valence-electron chi connectivity index (χ1n) is 16.4. The molecule has 8 heteroatoms. The first-order valence-corrected chi connectivity index (χ1v) is 18.1. The van der Waals surface area contributed by atoms with Crippen molar-refractivity contribution in [3.63, 3.8) is 0 Å². The standard InChI is InChI=1S/C43H24FN5S2/c44-29-21-18-25(19-22-29)37-39-38(31-14-7-8-16-33(31)51-39)46-42(45-37)28-20-23-30-35(24-28)50-34-17-9-15-32(36(30)34)43-48-40(26-10-3-1-4-11-26)47-41(49-43)27-12-5-2-6-13-27/h1-24H. The van der Waals surface area contributed by atoms with E-state index in [1.807, 2.05) is 72.8 Å². The molecule has 4 aromatic heterocycles. The van der Waals surface area contributed by atoms with Crippen LogP contribution >= 0.6 is 22.7 Å². The summed E-state index contributed by atoms with van der Waals surface area (Å²) in [5.74, 6) is 2.23. The maximum Gasteiger partial charge on any atom is 0.164 e. The summed E-state index contributed by atoms with van der Waals surface area (Å²) in [7, 11) is 0. The lowest BCUT2D eigenvalue weighted by molar-refractivity contribution is 0.628. The van der Waals surface area contributed by atoms with Gasteiger partial charge in [0.15, 0.2) is 23.3 Å². The number of aromatic nitrogens is 5. The Kier molecular flexibility index (Phi) is 6.97. The van der Waals surface area contributed by atoms with E-state index < -0.39 is 0 Å². The zero-order valence-corrected chi connectivity index (χ0v) is 28.4. The molecule has 0 spiro atoms. The number of rotatable bonds is 5. The van der Waals surface area contributed by atoms with Crippen molar-refractivity contribution >= 4 is 63.1 Å². The number of benzene rings is 6. The van der Waals surface area contributed by atoms with Crippen LogP contribution in [-0.4, -0.2) is 24.9 Å². The van der Waals surface area contributed by atoms with Gasteiger partial charge in [-0.25, -0.2) is 29.3 Å². The molecule has 0 saturated carbocycles. The van der Waals surface area contributed by atoms with Crippen molar-refractivity contribution in [3.05, 3.63) is 151 Å². The zero-order chi connectivity index (χ0) is 33.9. The Morgan fingerprint density at radius 3 is 1.78 bits per heavy atom. The van der Waals surface area contributed by atoms with Crippen LogP contribution in [0, 0.1) is 5.82 Å². The Balaban J connectivity index is 1.15. The normalized spacial score (nSPS) is 11.6. The predicted octanol–water partition coefficient (Wildman–Crippen LogP) is 11.9. The lowest BCUT2D eigenvalue weighted by Gasteiger charge is -2.09. The summed E-state index contributed by atoms with van der Waals surface area (Å²) in [6.45, 7) is 0. The van der Waals surface area contributed by atoms with Gasteiger partial charge in [0.2, 0.25) is 0 Å². The van der Waals surface area contributed by atoms with E-state index in [2.05, 4.69) is 48.5 Å². The fourth-order valence-electron chi connectivity index (χ4n) is 6.60. The van der Waals surface area contributed by atoms with Gasteiger partial charge in [-0.3, -0.25) is 0 Å². The van der Waals surface area contributed by atoms with Crippen LogP contribution in [0.2, 0.25) is 0 Å². The second-order valence-corrected chi connectivity index (χ2v) is 14.3. The van der Waals surface area contributed by atoms with E-state index in [1.54, 1.807) is 34.8 Å². The average Bonchev–Trinajstić information content (AvgIpc) is 3.76. The van der Waals surface area contributed by atoms with E-state index in [0.29, 0.717) is 23.3 Å². The summed E-state index contributed by atoms with van der Waals surface area (Å²) < 4.78 is 18.3. The highest BCUT2D eigenvalue weighted by atomic mass is 32.1. The minimum Gasteiger partial charge on any atom is -0.226 e. The SMILES string of the molecule is Fc1ccc(-c2nc(-c3ccc4c(c3)sc3cccc(-c5nc(-c6ccccc6)nc(-c6ccccc6)n5)c34)nc3c2sc2ccccc23)cc1. The Bertz CT molecular complexity index is 2860. The van der Waals surface area contributed by atoms with Gasteiger partial charge >= 0.3 is 0 Å². The van der Waals surface area contributed by atoms with Gasteiger partial charge in [0.05, 0.1) is 15.9 Å². The molecule has 5 nitrogen and oxygen atoms in total. The molecule has 0 bridgehead atoms. The van der Waals surface area contributed by atoms with Crippen LogP contribution in [0.4, 0.5) is 4.39 Å². The maximum atomic E-state index is 14.0. The van der Waals surface area contributed by atoms with E-state index >= 15 is 0 Å². The Morgan fingerprint density at radius 1 is 0.412 bits per heavy atom. The van der Waals surface area contributed by atoms with Gasteiger partial charge in [0.25, 0.3) is 0 Å². The number of halogens is 1. The number of hydrogen-bond acceptors (Lipinski definition) is 7. The molecule has 4 heterocycles.